The molecule has 0 rings (SSSR count). The van der Waals surface area contributed by atoms with Gasteiger partial charge in [-0.1, -0.05) is 301 Å². The number of carbonyl (C=O) groups is 4. The van der Waals surface area contributed by atoms with Crippen LogP contribution < -0.4 is 0 Å². The molecule has 17 nitrogen and oxygen atoms in total. The molecule has 5 atom stereocenters. The number of hydrogen-bond donors (Lipinski definition) is 3. The molecule has 0 amide bonds. The lowest BCUT2D eigenvalue weighted by molar-refractivity contribution is -0.160. The fourth-order valence-electron chi connectivity index (χ4n) is 9.54. The number of carbonyl (C=O) groups excluding carboxylic acids is 4. The van der Waals surface area contributed by atoms with E-state index in [4.69, 9.17) is 37.0 Å². The van der Waals surface area contributed by atoms with Gasteiger partial charge in [0, 0.05) is 12.8 Å². The summed E-state index contributed by atoms with van der Waals surface area (Å²) < 4.78 is 68.2. The first-order chi connectivity index (χ1) is 49.7. The molecule has 0 saturated carbocycles. The van der Waals surface area contributed by atoms with Crippen LogP contribution in [-0.2, 0) is 65.4 Å². The summed E-state index contributed by atoms with van der Waals surface area (Å²) in [6, 6.07) is 0. The van der Waals surface area contributed by atoms with Gasteiger partial charge >= 0.3 is 39.5 Å². The summed E-state index contributed by atoms with van der Waals surface area (Å²) in [5.41, 5.74) is 0. The molecule has 5 unspecified atom stereocenters. The van der Waals surface area contributed by atoms with Crippen LogP contribution >= 0.6 is 15.6 Å². The summed E-state index contributed by atoms with van der Waals surface area (Å²) in [7, 11) is -10.0. The van der Waals surface area contributed by atoms with Crippen molar-refractivity contribution in [2.45, 2.75) is 290 Å². The molecule has 0 saturated heterocycles. The third-order valence-electron chi connectivity index (χ3n) is 15.3. The maximum atomic E-state index is 13.1. The molecule has 0 radical (unpaired) electrons. The molecular weight excluding hydrogens is 1330 g/mol. The molecule has 0 spiro atoms. The van der Waals surface area contributed by atoms with Gasteiger partial charge < -0.3 is 33.8 Å². The normalized spacial score (nSPS) is 14.9. The highest BCUT2D eigenvalue weighted by molar-refractivity contribution is 7.47. The Kier molecular flexibility index (Phi) is 69.7. The predicted molar refractivity (Wildman–Crippen MR) is 417 cm³/mol. The van der Waals surface area contributed by atoms with Crippen LogP contribution in [0.25, 0.3) is 0 Å². The lowest BCUT2D eigenvalue weighted by atomic mass is 10.0. The molecule has 102 heavy (non-hydrogen) atoms. The fourth-order valence-corrected chi connectivity index (χ4v) is 11.1. The Morgan fingerprint density at radius 3 is 0.912 bits per heavy atom. The Morgan fingerprint density at radius 1 is 0.294 bits per heavy atom. The number of esters is 4. The van der Waals surface area contributed by atoms with Crippen molar-refractivity contribution in [1.82, 2.24) is 0 Å². The van der Waals surface area contributed by atoms with Gasteiger partial charge in [-0.25, -0.2) is 9.13 Å². The van der Waals surface area contributed by atoms with Gasteiger partial charge in [0.15, 0.2) is 12.2 Å². The molecule has 0 aromatic carbocycles. The smallest absolute Gasteiger partial charge is 0.462 e. The van der Waals surface area contributed by atoms with E-state index in [0.717, 1.165) is 128 Å². The zero-order valence-electron chi connectivity index (χ0n) is 63.0. The van der Waals surface area contributed by atoms with Crippen molar-refractivity contribution in [2.75, 3.05) is 39.6 Å². The molecule has 0 aliphatic carbocycles. The van der Waals surface area contributed by atoms with Gasteiger partial charge in [0.05, 0.1) is 39.3 Å². The number of allylic oxidation sites excluding steroid dienone is 26. The third kappa shape index (κ3) is 72.8. The van der Waals surface area contributed by atoms with E-state index < -0.39 is 97.5 Å². The van der Waals surface area contributed by atoms with Crippen molar-refractivity contribution in [1.29, 1.82) is 0 Å². The number of unbranched alkanes of at least 4 members (excludes halogenated alkanes) is 18. The minimum Gasteiger partial charge on any atom is -0.462 e. The first kappa shape index (κ1) is 96.4. The monoisotopic (exact) mass is 1460 g/mol. The van der Waals surface area contributed by atoms with E-state index in [2.05, 4.69) is 149 Å². The molecule has 0 heterocycles. The van der Waals surface area contributed by atoms with Crippen LogP contribution in [0.3, 0.4) is 0 Å². The fraction of sp³-hybridized carbons (Fsp3) is 0.614. The Balaban J connectivity index is 5.52. The number of aliphatic hydroxyl groups excluding tert-OH is 1. The summed E-state index contributed by atoms with van der Waals surface area (Å²) in [4.78, 5) is 72.8. The van der Waals surface area contributed by atoms with E-state index in [0.29, 0.717) is 25.7 Å². The van der Waals surface area contributed by atoms with Crippen molar-refractivity contribution in [2.24, 2.45) is 0 Å². The van der Waals surface area contributed by atoms with Gasteiger partial charge in [-0.2, -0.15) is 0 Å². The summed E-state index contributed by atoms with van der Waals surface area (Å²) in [5.74, 6) is -2.51. The quantitative estimate of drug-likeness (QED) is 0.0169. The van der Waals surface area contributed by atoms with E-state index in [9.17, 15) is 43.2 Å². The van der Waals surface area contributed by atoms with Crippen LogP contribution in [0.15, 0.2) is 170 Å². The average Bonchev–Trinajstić information content (AvgIpc) is 0.926. The van der Waals surface area contributed by atoms with Gasteiger partial charge in [-0.3, -0.25) is 37.3 Å². The van der Waals surface area contributed by atoms with Crippen LogP contribution in [0, 0.1) is 0 Å². The van der Waals surface area contributed by atoms with Crippen LogP contribution in [0.1, 0.15) is 272 Å². The molecule has 0 bridgehead atoms. The molecular formula is C83H134O17P2. The minimum absolute atomic E-state index is 0.0704. The highest BCUT2D eigenvalue weighted by Crippen LogP contribution is 2.45. The molecule has 0 aromatic rings. The predicted octanol–water partition coefficient (Wildman–Crippen LogP) is 22.2. The molecule has 3 N–H and O–H groups in total. The largest absolute Gasteiger partial charge is 0.472 e. The zero-order chi connectivity index (χ0) is 74.6. The standard InChI is InChI=1S/C83H134O17P2/c1-5-9-13-17-21-25-29-33-37-38-42-44-48-52-56-60-64-68-81(86)94-74-79(100-83(88)70-66-62-58-54-50-46-41-36-32-28-24-20-16-12-8-4)76-98-102(91,92)96-72-77(84)71-95-101(89,90)97-75-78(99-82(87)69-65-61-57-53-49-45-40-35-31-27-23-19-15-11-7-3)73-93-80(85)67-63-59-55-51-47-43-39-34-30-26-22-18-14-10-6-2/h9-10,12-14,16,21-22,24-26,28,33-34,36-37,39,41-42,44,47,50-51,54,59,62-63,66,77-79,84H,5-8,11,15,17-20,23,27,29-32,35,38,40,43,45-46,48-49,52-53,55-58,60-61,64-65,67-76H2,1-4H3,(H,89,90)(H,91,92)/b13-9-,14-10-,16-12-,25-21-,26-22-,28-24-,37-33-,39-34-,41-36-,44-42-,51-47-,54-50-,63-59-,66-62-. The second kappa shape index (κ2) is 73.7. The number of hydrogen-bond acceptors (Lipinski definition) is 15. The van der Waals surface area contributed by atoms with Crippen LogP contribution in [0.2, 0.25) is 0 Å². The van der Waals surface area contributed by atoms with Gasteiger partial charge in [0.2, 0.25) is 0 Å². The molecule has 578 valence electrons. The maximum absolute atomic E-state index is 13.1. The SMILES string of the molecule is CC/C=C\C/C=C\C/C=C\C/C=C\C/C=C\CC(=O)OCC(COP(=O)(O)OCC(O)COP(=O)(O)OCC(COC(=O)CCCCCC/C=C\C/C=C\C/C=C\C/C=C\CC)OC(=O)C/C=C\C/C=C\C/C=C\C/C=C\C/C=C\CC)OC(=O)CCCCCCCCCCCCCCCCC. The number of rotatable bonds is 70. The van der Waals surface area contributed by atoms with Crippen molar-refractivity contribution in [3.63, 3.8) is 0 Å². The number of aliphatic hydroxyl groups is 1. The summed E-state index contributed by atoms with van der Waals surface area (Å²) in [6.07, 6.45) is 86.9. The zero-order valence-corrected chi connectivity index (χ0v) is 64.8. The number of ether oxygens (including phenoxy) is 4. The van der Waals surface area contributed by atoms with E-state index in [1.54, 1.807) is 18.2 Å². The Hall–Kier alpha value is -5.58. The molecule has 19 heteroatoms. The van der Waals surface area contributed by atoms with Gasteiger partial charge in [-0.05, 0) is 116 Å². The van der Waals surface area contributed by atoms with E-state index in [1.165, 1.54) is 64.2 Å². The van der Waals surface area contributed by atoms with E-state index >= 15 is 0 Å². The first-order valence-corrected chi connectivity index (χ1v) is 41.4. The van der Waals surface area contributed by atoms with Gasteiger partial charge in [0.25, 0.3) is 0 Å². The lowest BCUT2D eigenvalue weighted by Crippen LogP contribution is -2.30. The summed E-state index contributed by atoms with van der Waals surface area (Å²) >= 11 is 0. The molecule has 0 aromatic heterocycles. The summed E-state index contributed by atoms with van der Waals surface area (Å²) in [5, 5.41) is 10.6. The topological polar surface area (TPSA) is 237 Å². The molecule has 0 aliphatic rings. The number of phosphoric ester groups is 2. The van der Waals surface area contributed by atoms with Crippen molar-refractivity contribution in [3.05, 3.63) is 170 Å². The van der Waals surface area contributed by atoms with Crippen molar-refractivity contribution >= 4 is 39.5 Å². The minimum atomic E-state index is -5.02. The molecule has 0 aliphatic heterocycles. The Labute approximate surface area is 616 Å². The average molecular weight is 1470 g/mol. The van der Waals surface area contributed by atoms with Gasteiger partial charge in [0.1, 0.15) is 19.3 Å². The van der Waals surface area contributed by atoms with Crippen LogP contribution in [0.4, 0.5) is 0 Å². The second-order valence-electron chi connectivity index (χ2n) is 24.8. The van der Waals surface area contributed by atoms with Gasteiger partial charge in [-0.15, -0.1) is 0 Å². The van der Waals surface area contributed by atoms with Crippen molar-refractivity contribution < 1.29 is 80.2 Å². The van der Waals surface area contributed by atoms with E-state index in [-0.39, 0.29) is 25.7 Å². The second-order valence-corrected chi connectivity index (χ2v) is 27.7. The third-order valence-corrected chi connectivity index (χ3v) is 17.2. The first-order valence-electron chi connectivity index (χ1n) is 38.4. The highest BCUT2D eigenvalue weighted by Gasteiger charge is 2.30. The maximum Gasteiger partial charge on any atom is 0.472 e. The van der Waals surface area contributed by atoms with Crippen molar-refractivity contribution in [3.8, 4) is 0 Å². The lowest BCUT2D eigenvalue weighted by Gasteiger charge is -2.21. The Bertz CT molecular complexity index is 2600. The molecule has 0 fully saturated rings. The highest BCUT2D eigenvalue weighted by atomic mass is 31.2. The summed E-state index contributed by atoms with van der Waals surface area (Å²) in [6.45, 7) is 4.26. The van der Waals surface area contributed by atoms with Crippen LogP contribution in [0.5, 0.6) is 0 Å². The Morgan fingerprint density at radius 2 is 0.559 bits per heavy atom. The number of phosphoric acid groups is 2. The van der Waals surface area contributed by atoms with E-state index in [1.807, 2.05) is 30.4 Å². The van der Waals surface area contributed by atoms with Crippen LogP contribution in [-0.4, -0.2) is 96.7 Å².